The molecular formula is C13H11Cl2FN2S. The first kappa shape index (κ1) is 14.6. The van der Waals surface area contributed by atoms with Crippen LogP contribution in [0, 0.1) is 5.82 Å². The molecule has 0 amide bonds. The minimum Gasteiger partial charge on any atom is -0.240 e. The van der Waals surface area contributed by atoms with E-state index >= 15 is 0 Å². The number of benzene rings is 1. The van der Waals surface area contributed by atoms with Gasteiger partial charge in [0.15, 0.2) is 0 Å². The molecule has 2 nitrogen and oxygen atoms in total. The highest BCUT2D eigenvalue weighted by molar-refractivity contribution is 7.98. The van der Waals surface area contributed by atoms with Crippen LogP contribution in [0.15, 0.2) is 23.4 Å². The van der Waals surface area contributed by atoms with Crippen LogP contribution >= 0.6 is 35.0 Å². The molecule has 0 fully saturated rings. The van der Waals surface area contributed by atoms with E-state index in [0.29, 0.717) is 33.4 Å². The number of hydrogen-bond acceptors (Lipinski definition) is 3. The Bertz CT molecular complexity index is 620. The van der Waals surface area contributed by atoms with Gasteiger partial charge in [-0.1, -0.05) is 30.1 Å². The second kappa shape index (κ2) is 6.07. The molecule has 1 aromatic carbocycles. The average Bonchev–Trinajstić information content (AvgIpc) is 2.40. The van der Waals surface area contributed by atoms with Crippen molar-refractivity contribution in [3.05, 3.63) is 40.0 Å². The Morgan fingerprint density at radius 2 is 2.00 bits per heavy atom. The van der Waals surface area contributed by atoms with Crippen LogP contribution in [0.5, 0.6) is 0 Å². The Labute approximate surface area is 125 Å². The third-order valence-electron chi connectivity index (χ3n) is 2.69. The highest BCUT2D eigenvalue weighted by Gasteiger charge is 2.16. The van der Waals surface area contributed by atoms with Gasteiger partial charge in [0.05, 0.1) is 21.4 Å². The van der Waals surface area contributed by atoms with Crippen molar-refractivity contribution in [2.45, 2.75) is 18.2 Å². The first-order valence-corrected chi connectivity index (χ1v) is 7.59. The van der Waals surface area contributed by atoms with Crippen molar-refractivity contribution < 1.29 is 4.39 Å². The summed E-state index contributed by atoms with van der Waals surface area (Å²) in [4.78, 5) is 8.95. The molecule has 0 bridgehead atoms. The van der Waals surface area contributed by atoms with Crippen molar-refractivity contribution in [2.75, 3.05) is 6.26 Å². The Kier molecular flexibility index (Phi) is 4.66. The van der Waals surface area contributed by atoms with E-state index in [1.807, 2.05) is 13.2 Å². The highest BCUT2D eigenvalue weighted by atomic mass is 35.5. The Morgan fingerprint density at radius 3 is 2.63 bits per heavy atom. The fourth-order valence-corrected chi connectivity index (χ4v) is 2.91. The van der Waals surface area contributed by atoms with Gasteiger partial charge in [-0.2, -0.15) is 0 Å². The van der Waals surface area contributed by atoms with E-state index < -0.39 is 5.82 Å². The van der Waals surface area contributed by atoms with Crippen LogP contribution in [0.1, 0.15) is 12.6 Å². The Hall–Kier alpha value is -0.840. The molecule has 2 rings (SSSR count). The highest BCUT2D eigenvalue weighted by Crippen LogP contribution is 2.35. The van der Waals surface area contributed by atoms with Crippen molar-refractivity contribution >= 4 is 35.0 Å². The van der Waals surface area contributed by atoms with Crippen LogP contribution in [0.25, 0.3) is 11.3 Å². The number of aryl methyl sites for hydroxylation is 1. The molecule has 19 heavy (non-hydrogen) atoms. The number of hydrogen-bond donors (Lipinski definition) is 0. The molecule has 0 radical (unpaired) electrons. The number of thioether (sulfide) groups is 1. The second-order valence-electron chi connectivity index (χ2n) is 3.80. The van der Waals surface area contributed by atoms with Gasteiger partial charge in [-0.3, -0.25) is 0 Å². The second-order valence-corrected chi connectivity index (χ2v) is 5.44. The SMILES string of the molecule is CCc1ncnc(-c2cc(SC)c(Cl)cc2F)c1Cl. The first-order valence-electron chi connectivity index (χ1n) is 5.61. The van der Waals surface area contributed by atoms with Gasteiger partial charge in [-0.25, -0.2) is 14.4 Å². The van der Waals surface area contributed by atoms with Gasteiger partial charge in [-0.05, 0) is 24.8 Å². The summed E-state index contributed by atoms with van der Waals surface area (Å²) in [6, 6.07) is 2.95. The summed E-state index contributed by atoms with van der Waals surface area (Å²) in [6.07, 6.45) is 3.94. The fourth-order valence-electron chi connectivity index (χ4n) is 1.71. The summed E-state index contributed by atoms with van der Waals surface area (Å²) in [5.74, 6) is -0.439. The summed E-state index contributed by atoms with van der Waals surface area (Å²) in [7, 11) is 0. The molecule has 0 atom stereocenters. The van der Waals surface area contributed by atoms with E-state index in [1.54, 1.807) is 6.07 Å². The molecule has 0 aliphatic heterocycles. The summed E-state index contributed by atoms with van der Waals surface area (Å²) in [5, 5.41) is 0.771. The lowest BCUT2D eigenvalue weighted by Crippen LogP contribution is -1.96. The monoisotopic (exact) mass is 316 g/mol. The van der Waals surface area contributed by atoms with E-state index in [2.05, 4.69) is 9.97 Å². The topological polar surface area (TPSA) is 25.8 Å². The van der Waals surface area contributed by atoms with E-state index in [9.17, 15) is 4.39 Å². The minimum atomic E-state index is -0.439. The van der Waals surface area contributed by atoms with Crippen LogP contribution in [0.4, 0.5) is 4.39 Å². The predicted molar refractivity (Wildman–Crippen MR) is 78.6 cm³/mol. The molecular weight excluding hydrogens is 306 g/mol. The molecule has 100 valence electrons. The largest absolute Gasteiger partial charge is 0.240 e. The molecule has 1 aromatic heterocycles. The molecule has 2 aromatic rings. The van der Waals surface area contributed by atoms with E-state index in [1.165, 1.54) is 24.2 Å². The quantitative estimate of drug-likeness (QED) is 0.755. The first-order chi connectivity index (χ1) is 9.08. The summed E-state index contributed by atoms with van der Waals surface area (Å²) in [6.45, 7) is 1.93. The van der Waals surface area contributed by atoms with Crippen molar-refractivity contribution in [3.8, 4) is 11.3 Å². The summed E-state index contributed by atoms with van der Waals surface area (Å²) >= 11 is 13.6. The Balaban J connectivity index is 2.65. The van der Waals surface area contributed by atoms with Gasteiger partial charge < -0.3 is 0 Å². The third-order valence-corrected chi connectivity index (χ3v) is 4.29. The summed E-state index contributed by atoms with van der Waals surface area (Å²) in [5.41, 5.74) is 1.44. The molecule has 0 saturated carbocycles. The molecule has 0 N–H and O–H groups in total. The van der Waals surface area contributed by atoms with Crippen molar-refractivity contribution in [2.24, 2.45) is 0 Å². The lowest BCUT2D eigenvalue weighted by Gasteiger charge is -2.10. The molecule has 0 spiro atoms. The van der Waals surface area contributed by atoms with E-state index in [4.69, 9.17) is 23.2 Å². The molecule has 0 aliphatic carbocycles. The molecule has 0 unspecified atom stereocenters. The molecule has 0 saturated heterocycles. The lowest BCUT2D eigenvalue weighted by molar-refractivity contribution is 0.629. The predicted octanol–water partition coefficient (Wildman–Crippen LogP) is 4.87. The normalized spacial score (nSPS) is 10.8. The molecule has 0 aliphatic rings. The van der Waals surface area contributed by atoms with Crippen LogP contribution < -0.4 is 0 Å². The average molecular weight is 317 g/mol. The van der Waals surface area contributed by atoms with Gasteiger partial charge in [-0.15, -0.1) is 11.8 Å². The van der Waals surface area contributed by atoms with Crippen molar-refractivity contribution in [3.63, 3.8) is 0 Å². The maximum absolute atomic E-state index is 14.1. The van der Waals surface area contributed by atoms with Gasteiger partial charge >= 0.3 is 0 Å². The van der Waals surface area contributed by atoms with Gasteiger partial charge in [0.25, 0.3) is 0 Å². The van der Waals surface area contributed by atoms with Crippen LogP contribution in [0.2, 0.25) is 10.0 Å². The van der Waals surface area contributed by atoms with Crippen molar-refractivity contribution in [1.29, 1.82) is 0 Å². The van der Waals surface area contributed by atoms with E-state index in [-0.39, 0.29) is 0 Å². The van der Waals surface area contributed by atoms with Gasteiger partial charge in [0.1, 0.15) is 12.1 Å². The maximum atomic E-state index is 14.1. The number of rotatable bonds is 3. The standard InChI is InChI=1S/C13H11Cl2FN2S/c1-3-10-12(15)13(18-6-17-10)7-4-11(19-2)8(14)5-9(7)16/h4-6H,3H2,1-2H3. The van der Waals surface area contributed by atoms with Gasteiger partial charge in [0, 0.05) is 10.5 Å². The zero-order valence-corrected chi connectivity index (χ0v) is 12.7. The third kappa shape index (κ3) is 2.86. The van der Waals surface area contributed by atoms with Crippen LogP contribution in [0.3, 0.4) is 0 Å². The number of aromatic nitrogens is 2. The van der Waals surface area contributed by atoms with E-state index in [0.717, 1.165) is 4.90 Å². The van der Waals surface area contributed by atoms with Crippen LogP contribution in [-0.2, 0) is 6.42 Å². The lowest BCUT2D eigenvalue weighted by atomic mass is 10.1. The summed E-state index contributed by atoms with van der Waals surface area (Å²) < 4.78 is 14.1. The number of halogens is 3. The minimum absolute atomic E-state index is 0.343. The fraction of sp³-hybridized carbons (Fsp3) is 0.231. The molecule has 6 heteroatoms. The van der Waals surface area contributed by atoms with Crippen LogP contribution in [-0.4, -0.2) is 16.2 Å². The van der Waals surface area contributed by atoms with Crippen molar-refractivity contribution in [1.82, 2.24) is 9.97 Å². The zero-order valence-electron chi connectivity index (χ0n) is 10.4. The smallest absolute Gasteiger partial charge is 0.134 e. The number of nitrogens with zero attached hydrogens (tertiary/aromatic N) is 2. The zero-order chi connectivity index (χ0) is 14.0. The van der Waals surface area contributed by atoms with Gasteiger partial charge in [0.2, 0.25) is 0 Å². The maximum Gasteiger partial charge on any atom is 0.134 e. The molecule has 1 heterocycles. The Morgan fingerprint density at radius 1 is 1.26 bits per heavy atom.